The largest absolute Gasteiger partial charge is 0.396 e. The number of amides is 1. The Morgan fingerprint density at radius 2 is 2.12 bits per heavy atom. The Balaban J connectivity index is 2.53. The van der Waals surface area contributed by atoms with Gasteiger partial charge in [0.05, 0.1) is 17.4 Å². The Bertz CT molecular complexity index is 364. The third-order valence-corrected chi connectivity index (χ3v) is 4.94. The van der Waals surface area contributed by atoms with Crippen LogP contribution in [-0.2, 0) is 14.6 Å². The van der Waals surface area contributed by atoms with Crippen LogP contribution in [-0.4, -0.2) is 43.6 Å². The van der Waals surface area contributed by atoms with Gasteiger partial charge in [-0.25, -0.2) is 8.42 Å². The van der Waals surface area contributed by atoms with Gasteiger partial charge in [0.2, 0.25) is 5.91 Å². The molecule has 2 unspecified atom stereocenters. The first-order valence-corrected chi connectivity index (χ1v) is 7.79. The van der Waals surface area contributed by atoms with Gasteiger partial charge < -0.3 is 10.4 Å². The van der Waals surface area contributed by atoms with Crippen LogP contribution in [0.15, 0.2) is 0 Å². The number of nitrogens with one attached hydrogen (secondary N) is 1. The van der Waals surface area contributed by atoms with Crippen molar-refractivity contribution in [1.82, 2.24) is 5.32 Å². The van der Waals surface area contributed by atoms with Gasteiger partial charge in [0.15, 0.2) is 9.84 Å². The minimum absolute atomic E-state index is 0.0199. The Labute approximate surface area is 103 Å². The number of hydrogen-bond acceptors (Lipinski definition) is 4. The van der Waals surface area contributed by atoms with Gasteiger partial charge in [0, 0.05) is 12.6 Å². The fourth-order valence-corrected chi connectivity index (χ4v) is 3.76. The lowest BCUT2D eigenvalue weighted by Gasteiger charge is -2.23. The summed E-state index contributed by atoms with van der Waals surface area (Å²) in [4.78, 5) is 11.9. The number of hydrogen-bond donors (Lipinski definition) is 2. The van der Waals surface area contributed by atoms with Gasteiger partial charge in [-0.1, -0.05) is 13.8 Å². The van der Waals surface area contributed by atoms with E-state index in [0.717, 1.165) is 0 Å². The number of sulfone groups is 1. The fourth-order valence-electron chi connectivity index (χ4n) is 2.01. The van der Waals surface area contributed by atoms with Crippen LogP contribution in [0.5, 0.6) is 0 Å². The molecular weight excluding hydrogens is 242 g/mol. The normalized spacial score (nSPS) is 24.8. The van der Waals surface area contributed by atoms with E-state index in [9.17, 15) is 13.2 Å². The fraction of sp³-hybridized carbons (Fsp3) is 0.909. The van der Waals surface area contributed by atoms with E-state index in [-0.39, 0.29) is 36.0 Å². The summed E-state index contributed by atoms with van der Waals surface area (Å²) in [7, 11) is -3.02. The van der Waals surface area contributed by atoms with Crippen molar-refractivity contribution in [2.45, 2.75) is 32.7 Å². The van der Waals surface area contributed by atoms with Crippen molar-refractivity contribution in [2.24, 2.45) is 11.8 Å². The van der Waals surface area contributed by atoms with Gasteiger partial charge in [-0.2, -0.15) is 0 Å². The predicted octanol–water partition coefficient (Wildman–Crippen LogP) is -0.0557. The van der Waals surface area contributed by atoms with Crippen molar-refractivity contribution in [3.05, 3.63) is 0 Å². The second kappa shape index (κ2) is 5.82. The second-order valence-electron chi connectivity index (χ2n) is 4.97. The SMILES string of the molecule is CC(C)C(CCO)NC(=O)C1CCS(=O)(=O)C1. The zero-order chi connectivity index (χ0) is 13.1. The maximum Gasteiger partial charge on any atom is 0.224 e. The van der Waals surface area contributed by atoms with Gasteiger partial charge in [0.1, 0.15) is 0 Å². The quantitative estimate of drug-likeness (QED) is 0.728. The van der Waals surface area contributed by atoms with Crippen molar-refractivity contribution in [3.63, 3.8) is 0 Å². The molecule has 1 aliphatic rings. The van der Waals surface area contributed by atoms with Crippen LogP contribution < -0.4 is 5.32 Å². The van der Waals surface area contributed by atoms with Gasteiger partial charge in [-0.05, 0) is 18.8 Å². The van der Waals surface area contributed by atoms with Gasteiger partial charge in [-0.15, -0.1) is 0 Å². The number of aliphatic hydroxyl groups excluding tert-OH is 1. The molecule has 0 spiro atoms. The van der Waals surface area contributed by atoms with E-state index in [4.69, 9.17) is 5.11 Å². The molecule has 2 N–H and O–H groups in total. The van der Waals surface area contributed by atoms with Crippen LogP contribution in [0.25, 0.3) is 0 Å². The van der Waals surface area contributed by atoms with Crippen molar-refractivity contribution < 1.29 is 18.3 Å². The number of rotatable bonds is 5. The summed E-state index contributed by atoms with van der Waals surface area (Å²) in [5.41, 5.74) is 0. The molecule has 0 aromatic carbocycles. The molecule has 1 aliphatic heterocycles. The van der Waals surface area contributed by atoms with Crippen molar-refractivity contribution in [3.8, 4) is 0 Å². The number of carbonyl (C=O) groups is 1. The predicted molar refractivity (Wildman–Crippen MR) is 65.2 cm³/mol. The molecule has 1 heterocycles. The molecule has 100 valence electrons. The third-order valence-electron chi connectivity index (χ3n) is 3.18. The smallest absolute Gasteiger partial charge is 0.224 e. The molecular formula is C11H21NO4S. The van der Waals surface area contributed by atoms with Crippen LogP contribution in [0.1, 0.15) is 26.7 Å². The van der Waals surface area contributed by atoms with Gasteiger partial charge >= 0.3 is 0 Å². The van der Waals surface area contributed by atoms with E-state index in [1.807, 2.05) is 13.8 Å². The first-order valence-electron chi connectivity index (χ1n) is 5.97. The summed E-state index contributed by atoms with van der Waals surface area (Å²) in [5.74, 6) is -0.317. The zero-order valence-electron chi connectivity index (χ0n) is 10.3. The van der Waals surface area contributed by atoms with Crippen LogP contribution in [0, 0.1) is 11.8 Å². The molecule has 0 saturated carbocycles. The molecule has 0 bridgehead atoms. The van der Waals surface area contributed by atoms with Crippen molar-refractivity contribution in [1.29, 1.82) is 0 Å². The van der Waals surface area contributed by atoms with Crippen LogP contribution >= 0.6 is 0 Å². The van der Waals surface area contributed by atoms with Crippen molar-refractivity contribution in [2.75, 3.05) is 18.1 Å². The third kappa shape index (κ3) is 4.27. The first kappa shape index (κ1) is 14.4. The highest BCUT2D eigenvalue weighted by Crippen LogP contribution is 2.19. The summed E-state index contributed by atoms with van der Waals surface area (Å²) in [5, 5.41) is 11.7. The molecule has 0 aromatic heterocycles. The Morgan fingerprint density at radius 3 is 2.53 bits per heavy atom. The van der Waals surface area contributed by atoms with E-state index in [1.54, 1.807) is 0 Å². The lowest BCUT2D eigenvalue weighted by molar-refractivity contribution is -0.125. The highest BCUT2D eigenvalue weighted by atomic mass is 32.2. The van der Waals surface area contributed by atoms with Crippen LogP contribution in [0.2, 0.25) is 0 Å². The maximum absolute atomic E-state index is 11.9. The minimum atomic E-state index is -3.02. The molecule has 1 fully saturated rings. The maximum atomic E-state index is 11.9. The van der Waals surface area contributed by atoms with Gasteiger partial charge in [0.25, 0.3) is 0 Å². The average Bonchev–Trinajstić information content (AvgIpc) is 2.58. The first-order chi connectivity index (χ1) is 7.85. The van der Waals surface area contributed by atoms with Crippen LogP contribution in [0.3, 0.4) is 0 Å². The highest BCUT2D eigenvalue weighted by Gasteiger charge is 2.33. The van der Waals surface area contributed by atoms with Crippen LogP contribution in [0.4, 0.5) is 0 Å². The van der Waals surface area contributed by atoms with E-state index >= 15 is 0 Å². The second-order valence-corrected chi connectivity index (χ2v) is 7.20. The summed E-state index contributed by atoms with van der Waals surface area (Å²) in [6.45, 7) is 3.95. The van der Waals surface area contributed by atoms with E-state index in [1.165, 1.54) is 0 Å². The topological polar surface area (TPSA) is 83.5 Å². The molecule has 0 radical (unpaired) electrons. The van der Waals surface area contributed by atoms with Crippen molar-refractivity contribution >= 4 is 15.7 Å². The van der Waals surface area contributed by atoms with E-state index < -0.39 is 15.8 Å². The minimum Gasteiger partial charge on any atom is -0.396 e. The Hall–Kier alpha value is -0.620. The lowest BCUT2D eigenvalue weighted by atomic mass is 9.99. The molecule has 0 aromatic rings. The Kier molecular flexibility index (Phi) is 4.94. The molecule has 2 atom stereocenters. The number of aliphatic hydroxyl groups is 1. The summed E-state index contributed by atoms with van der Waals surface area (Å²) >= 11 is 0. The molecule has 1 rings (SSSR count). The number of carbonyl (C=O) groups excluding carboxylic acids is 1. The molecule has 0 aliphatic carbocycles. The highest BCUT2D eigenvalue weighted by molar-refractivity contribution is 7.91. The summed E-state index contributed by atoms with van der Waals surface area (Å²) < 4.78 is 22.5. The average molecular weight is 263 g/mol. The summed E-state index contributed by atoms with van der Waals surface area (Å²) in [6.07, 6.45) is 0.918. The van der Waals surface area contributed by atoms with E-state index in [0.29, 0.717) is 12.8 Å². The van der Waals surface area contributed by atoms with E-state index in [2.05, 4.69) is 5.32 Å². The Morgan fingerprint density at radius 1 is 1.47 bits per heavy atom. The summed E-state index contributed by atoms with van der Waals surface area (Å²) in [6, 6.07) is -0.0872. The monoisotopic (exact) mass is 263 g/mol. The standard InChI is InChI=1S/C11H21NO4S/c1-8(2)10(3-5-13)12-11(14)9-4-6-17(15,16)7-9/h8-10,13H,3-7H2,1-2H3,(H,12,14). The lowest BCUT2D eigenvalue weighted by Crippen LogP contribution is -2.42. The zero-order valence-corrected chi connectivity index (χ0v) is 11.2. The molecule has 1 amide bonds. The molecule has 6 heteroatoms. The molecule has 1 saturated heterocycles. The molecule has 5 nitrogen and oxygen atoms in total. The van der Waals surface area contributed by atoms with Gasteiger partial charge in [-0.3, -0.25) is 4.79 Å². The molecule has 17 heavy (non-hydrogen) atoms.